The smallest absolute Gasteiger partial charge is 0.414 e. The van der Waals surface area contributed by atoms with Crippen molar-refractivity contribution < 1.29 is 23.5 Å². The summed E-state index contributed by atoms with van der Waals surface area (Å²) in [6, 6.07) is 7.80. The van der Waals surface area contributed by atoms with E-state index < -0.39 is 6.09 Å². The second-order valence-electron chi connectivity index (χ2n) is 8.82. The van der Waals surface area contributed by atoms with Gasteiger partial charge in [-0.1, -0.05) is 0 Å². The standard InChI is InChI=1S/C24H22FN5O5/c25-15-4-5-16-23-22(15)18(11-30(23)21(32)9-27-16)26-7-1-2-14-10-29(24(33)35-14)13-3-6-19-17(8-13)28-20(31)12-34-19/h3-6,8-9,14,18,26H,1-2,7,10-12H2,(H,28,31)/t14-,18-/m1/s1. The molecule has 2 amide bonds. The van der Waals surface area contributed by atoms with Crippen molar-refractivity contribution in [1.82, 2.24) is 14.9 Å². The Morgan fingerprint density at radius 2 is 2.06 bits per heavy atom. The number of hydrogen-bond acceptors (Lipinski definition) is 7. The molecule has 3 aromatic rings. The van der Waals surface area contributed by atoms with E-state index in [-0.39, 0.29) is 36.0 Å². The van der Waals surface area contributed by atoms with E-state index >= 15 is 0 Å². The van der Waals surface area contributed by atoms with Gasteiger partial charge in [-0.05, 0) is 49.7 Å². The molecular weight excluding hydrogens is 457 g/mol. The largest absolute Gasteiger partial charge is 0.482 e. The van der Waals surface area contributed by atoms with Gasteiger partial charge in [0, 0.05) is 17.8 Å². The lowest BCUT2D eigenvalue weighted by molar-refractivity contribution is -0.118. The zero-order chi connectivity index (χ0) is 24.1. The van der Waals surface area contributed by atoms with Crippen molar-refractivity contribution in [2.75, 3.05) is 29.9 Å². The highest BCUT2D eigenvalue weighted by Crippen LogP contribution is 2.34. The van der Waals surface area contributed by atoms with Crippen LogP contribution in [0.1, 0.15) is 24.4 Å². The number of benzene rings is 2. The Balaban J connectivity index is 1.06. The summed E-state index contributed by atoms with van der Waals surface area (Å²) in [5.74, 6) is -0.0462. The molecule has 6 rings (SSSR count). The predicted molar refractivity (Wildman–Crippen MR) is 124 cm³/mol. The van der Waals surface area contributed by atoms with Gasteiger partial charge in [0.05, 0.1) is 35.5 Å². The molecule has 10 nitrogen and oxygen atoms in total. The van der Waals surface area contributed by atoms with Gasteiger partial charge in [-0.3, -0.25) is 14.5 Å². The van der Waals surface area contributed by atoms with Crippen LogP contribution in [-0.4, -0.2) is 47.4 Å². The molecule has 0 bridgehead atoms. The molecule has 0 saturated carbocycles. The maximum Gasteiger partial charge on any atom is 0.414 e. The van der Waals surface area contributed by atoms with Gasteiger partial charge < -0.3 is 24.7 Å². The van der Waals surface area contributed by atoms with E-state index in [4.69, 9.17) is 9.47 Å². The van der Waals surface area contributed by atoms with Crippen molar-refractivity contribution in [2.45, 2.75) is 31.5 Å². The quantitative estimate of drug-likeness (QED) is 0.522. The average molecular weight is 479 g/mol. The molecule has 2 atom stereocenters. The Morgan fingerprint density at radius 3 is 2.94 bits per heavy atom. The predicted octanol–water partition coefficient (Wildman–Crippen LogP) is 2.32. The van der Waals surface area contributed by atoms with Crippen LogP contribution < -0.4 is 25.8 Å². The highest BCUT2D eigenvalue weighted by Gasteiger charge is 2.33. The third kappa shape index (κ3) is 3.77. The Labute approximate surface area is 198 Å². The highest BCUT2D eigenvalue weighted by atomic mass is 19.1. The molecule has 1 saturated heterocycles. The normalized spacial score (nSPS) is 20.5. The number of nitrogens with one attached hydrogen (secondary N) is 2. The molecule has 1 aromatic heterocycles. The van der Waals surface area contributed by atoms with Crippen LogP contribution in [0, 0.1) is 5.82 Å². The minimum Gasteiger partial charge on any atom is -0.482 e. The van der Waals surface area contributed by atoms with Crippen molar-refractivity contribution in [3.8, 4) is 5.75 Å². The number of amides is 2. The van der Waals surface area contributed by atoms with Crippen LogP contribution in [-0.2, 0) is 16.1 Å². The van der Waals surface area contributed by atoms with E-state index in [2.05, 4.69) is 15.6 Å². The number of cyclic esters (lactones) is 1. The molecule has 2 N–H and O–H groups in total. The van der Waals surface area contributed by atoms with E-state index in [1.807, 2.05) is 0 Å². The van der Waals surface area contributed by atoms with Gasteiger partial charge in [0.1, 0.15) is 17.7 Å². The molecule has 180 valence electrons. The van der Waals surface area contributed by atoms with Crippen molar-refractivity contribution in [3.63, 3.8) is 0 Å². The SMILES string of the molecule is O=C1COc2ccc(N3C[C@@H](CCCN[C@@H]4Cn5c(=O)cnc6ccc(F)c4c65)OC3=O)cc2N1. The summed E-state index contributed by atoms with van der Waals surface area (Å²) in [4.78, 5) is 41.9. The summed E-state index contributed by atoms with van der Waals surface area (Å²) in [5, 5.41) is 6.07. The number of carbonyl (C=O) groups excluding carboxylic acids is 2. The first-order chi connectivity index (χ1) is 17.0. The maximum atomic E-state index is 14.6. The molecule has 11 heteroatoms. The van der Waals surface area contributed by atoms with E-state index in [0.29, 0.717) is 66.2 Å². The molecule has 0 spiro atoms. The second kappa shape index (κ2) is 8.35. The van der Waals surface area contributed by atoms with E-state index in [9.17, 15) is 18.8 Å². The zero-order valence-electron chi connectivity index (χ0n) is 18.6. The van der Waals surface area contributed by atoms with Gasteiger partial charge in [0.15, 0.2) is 6.61 Å². The van der Waals surface area contributed by atoms with Crippen molar-refractivity contribution in [1.29, 1.82) is 0 Å². The van der Waals surface area contributed by atoms with Gasteiger partial charge in [0.2, 0.25) is 0 Å². The summed E-state index contributed by atoms with van der Waals surface area (Å²) < 4.78 is 27.0. The first kappa shape index (κ1) is 21.5. The van der Waals surface area contributed by atoms with Gasteiger partial charge in [-0.2, -0.15) is 0 Å². The van der Waals surface area contributed by atoms with Crippen molar-refractivity contribution in [3.05, 3.63) is 58.3 Å². The third-order valence-corrected chi connectivity index (χ3v) is 6.58. The van der Waals surface area contributed by atoms with Crippen LogP contribution in [0.25, 0.3) is 11.0 Å². The van der Waals surface area contributed by atoms with E-state index in [1.165, 1.54) is 17.2 Å². The monoisotopic (exact) mass is 479 g/mol. The molecule has 0 aliphatic carbocycles. The minimum atomic E-state index is -0.446. The fourth-order valence-corrected chi connectivity index (χ4v) is 4.95. The number of fused-ring (bicyclic) bond motifs is 1. The van der Waals surface area contributed by atoms with Crippen molar-refractivity contribution in [2.24, 2.45) is 0 Å². The fraction of sp³-hybridized carbons (Fsp3) is 0.333. The molecule has 2 aromatic carbocycles. The van der Waals surface area contributed by atoms with Crippen LogP contribution in [0.3, 0.4) is 0 Å². The second-order valence-corrected chi connectivity index (χ2v) is 8.82. The minimum absolute atomic E-state index is 0.0312. The molecule has 0 unspecified atom stereocenters. The molecule has 3 aliphatic heterocycles. The third-order valence-electron chi connectivity index (χ3n) is 6.58. The van der Waals surface area contributed by atoms with Gasteiger partial charge >= 0.3 is 6.09 Å². The molecule has 0 radical (unpaired) electrons. The van der Waals surface area contributed by atoms with Crippen LogP contribution in [0.5, 0.6) is 5.75 Å². The van der Waals surface area contributed by atoms with Crippen LogP contribution in [0.15, 0.2) is 41.3 Å². The van der Waals surface area contributed by atoms with E-state index in [1.54, 1.807) is 28.8 Å². The first-order valence-corrected chi connectivity index (χ1v) is 11.4. The first-order valence-electron chi connectivity index (χ1n) is 11.4. The van der Waals surface area contributed by atoms with Gasteiger partial charge in [-0.25, -0.2) is 14.2 Å². The Hall–Kier alpha value is -3.99. The van der Waals surface area contributed by atoms with Crippen LogP contribution in [0.4, 0.5) is 20.6 Å². The van der Waals surface area contributed by atoms with Crippen molar-refractivity contribution >= 4 is 34.4 Å². The van der Waals surface area contributed by atoms with Gasteiger partial charge in [-0.15, -0.1) is 0 Å². The fourth-order valence-electron chi connectivity index (χ4n) is 4.95. The summed E-state index contributed by atoms with van der Waals surface area (Å²) in [5.41, 5.74) is 2.49. The lowest BCUT2D eigenvalue weighted by atomic mass is 10.1. The molecule has 4 heterocycles. The van der Waals surface area contributed by atoms with Gasteiger partial charge in [0.25, 0.3) is 11.5 Å². The summed E-state index contributed by atoms with van der Waals surface area (Å²) in [7, 11) is 0. The number of halogens is 1. The topological polar surface area (TPSA) is 115 Å². The Bertz CT molecular complexity index is 1420. The maximum absolute atomic E-state index is 14.6. The number of ether oxygens (including phenoxy) is 2. The van der Waals surface area contributed by atoms with E-state index in [0.717, 1.165) is 0 Å². The molecule has 3 aliphatic rings. The number of anilines is 2. The summed E-state index contributed by atoms with van der Waals surface area (Å²) in [6.07, 6.45) is 1.83. The highest BCUT2D eigenvalue weighted by molar-refractivity contribution is 5.97. The molecule has 1 fully saturated rings. The number of nitrogens with zero attached hydrogens (tertiary/aromatic N) is 3. The Kier molecular flexibility index (Phi) is 5.14. The lowest BCUT2D eigenvalue weighted by Crippen LogP contribution is -2.28. The number of rotatable bonds is 6. The Morgan fingerprint density at radius 1 is 1.17 bits per heavy atom. The summed E-state index contributed by atoms with van der Waals surface area (Å²) in [6.45, 7) is 1.26. The molecular formula is C24H22FN5O5. The number of hydrogen-bond donors (Lipinski definition) is 2. The number of carbonyl (C=O) groups is 2. The summed E-state index contributed by atoms with van der Waals surface area (Å²) >= 11 is 0. The van der Waals surface area contributed by atoms with Crippen LogP contribution in [0.2, 0.25) is 0 Å². The zero-order valence-corrected chi connectivity index (χ0v) is 18.6. The average Bonchev–Trinajstić information content (AvgIpc) is 3.42. The lowest BCUT2D eigenvalue weighted by Gasteiger charge is -2.20. The number of aromatic nitrogens is 2. The molecule has 35 heavy (non-hydrogen) atoms. The van der Waals surface area contributed by atoms with Crippen LogP contribution >= 0.6 is 0 Å².